The normalized spacial score (nSPS) is 24.8. The number of methoxy groups -OCH3 is 1. The molecule has 2 aliphatic heterocycles. The number of aromatic carboxylic acids is 1. The summed E-state index contributed by atoms with van der Waals surface area (Å²) in [5.74, 6) is -1.18. The Labute approximate surface area is 206 Å². The van der Waals surface area contributed by atoms with Gasteiger partial charge in [-0.3, -0.25) is 10.1 Å². The number of nitro groups is 1. The van der Waals surface area contributed by atoms with E-state index < -0.39 is 53.9 Å². The van der Waals surface area contributed by atoms with Crippen molar-refractivity contribution in [2.45, 2.75) is 30.7 Å². The molecule has 1 fully saturated rings. The molecule has 5 atom stereocenters. The molecule has 5 rings (SSSR count). The van der Waals surface area contributed by atoms with E-state index in [1.54, 1.807) is 0 Å². The van der Waals surface area contributed by atoms with E-state index >= 15 is 0 Å². The molecule has 0 bridgehead atoms. The van der Waals surface area contributed by atoms with Gasteiger partial charge >= 0.3 is 5.97 Å². The predicted octanol–water partition coefficient (Wildman–Crippen LogP) is 0.515. The fraction of sp³-hybridized carbons (Fsp3) is 0.348. The molecule has 3 aromatic rings. The van der Waals surface area contributed by atoms with Crippen molar-refractivity contribution in [3.05, 3.63) is 39.9 Å². The lowest BCUT2D eigenvalue weighted by molar-refractivity contribution is -0.383. The van der Waals surface area contributed by atoms with Crippen LogP contribution in [0.15, 0.2) is 24.3 Å². The average molecular weight is 519 g/mol. The van der Waals surface area contributed by atoms with Gasteiger partial charge in [0, 0.05) is 28.3 Å². The monoisotopic (exact) mass is 519 g/mol. The number of carboxylic acid groups (broad SMARTS) is 1. The van der Waals surface area contributed by atoms with E-state index in [0.717, 1.165) is 6.07 Å². The first-order valence-electron chi connectivity index (χ1n) is 10.9. The van der Waals surface area contributed by atoms with Crippen molar-refractivity contribution >= 4 is 33.2 Å². The van der Waals surface area contributed by atoms with Crippen molar-refractivity contribution in [3.63, 3.8) is 0 Å². The van der Waals surface area contributed by atoms with Crippen LogP contribution in [0.2, 0.25) is 0 Å². The Morgan fingerprint density at radius 2 is 1.84 bits per heavy atom. The fourth-order valence-electron chi connectivity index (χ4n) is 4.58. The van der Waals surface area contributed by atoms with E-state index in [1.807, 2.05) is 0 Å². The minimum absolute atomic E-state index is 0.00257. The van der Waals surface area contributed by atoms with Crippen molar-refractivity contribution in [1.82, 2.24) is 0 Å². The van der Waals surface area contributed by atoms with Crippen LogP contribution in [0, 0.1) is 10.1 Å². The molecule has 0 radical (unpaired) electrons. The Morgan fingerprint density at radius 3 is 2.49 bits per heavy atom. The molecule has 0 aromatic heterocycles. The van der Waals surface area contributed by atoms with Gasteiger partial charge in [-0.2, -0.15) is 0 Å². The number of ether oxygens (including phenoxy) is 5. The summed E-state index contributed by atoms with van der Waals surface area (Å²) < 4.78 is 27.5. The number of carboxylic acids is 1. The summed E-state index contributed by atoms with van der Waals surface area (Å²) in [6.45, 7) is -0.905. The van der Waals surface area contributed by atoms with Crippen molar-refractivity contribution < 1.29 is 58.9 Å². The third kappa shape index (κ3) is 3.91. The predicted molar refractivity (Wildman–Crippen MR) is 122 cm³/mol. The molecule has 2 aliphatic rings. The first kappa shape index (κ1) is 24.7. The van der Waals surface area contributed by atoms with Crippen molar-refractivity contribution in [1.29, 1.82) is 0 Å². The maximum Gasteiger partial charge on any atom is 0.336 e. The molecule has 2 heterocycles. The van der Waals surface area contributed by atoms with E-state index in [-0.39, 0.29) is 56.9 Å². The van der Waals surface area contributed by atoms with Crippen LogP contribution < -0.4 is 18.9 Å². The number of aliphatic hydroxyl groups excluding tert-OH is 4. The van der Waals surface area contributed by atoms with Crippen molar-refractivity contribution in [3.8, 4) is 23.0 Å². The van der Waals surface area contributed by atoms with Crippen LogP contribution in [0.4, 0.5) is 5.69 Å². The summed E-state index contributed by atoms with van der Waals surface area (Å²) in [5.41, 5.74) is -0.883. The minimum atomic E-state index is -1.70. The Bertz CT molecular complexity index is 1420. The Kier molecular flexibility index (Phi) is 6.13. The van der Waals surface area contributed by atoms with Gasteiger partial charge in [-0.05, 0) is 12.1 Å². The molecule has 0 unspecified atom stereocenters. The Hall–Kier alpha value is -3.95. The summed E-state index contributed by atoms with van der Waals surface area (Å²) in [7, 11) is 1.31. The second-order valence-corrected chi connectivity index (χ2v) is 8.40. The number of hydrogen-bond donors (Lipinski definition) is 5. The molecule has 0 amide bonds. The first-order chi connectivity index (χ1) is 17.7. The lowest BCUT2D eigenvalue weighted by Crippen LogP contribution is -2.60. The van der Waals surface area contributed by atoms with E-state index in [0.29, 0.717) is 0 Å². The van der Waals surface area contributed by atoms with Gasteiger partial charge in [-0.25, -0.2) is 4.79 Å². The van der Waals surface area contributed by atoms with E-state index in [9.17, 15) is 40.4 Å². The SMILES string of the molecule is COc1cc(O[C@@H]2O[C@H](CO)[C@@H](O)[C@H](O)[C@H]2O)cc2c1cc([N+](=O)[O-])c1c(C(=O)O)cc3c(c12)OCO3. The highest BCUT2D eigenvalue weighted by molar-refractivity contribution is 6.22. The zero-order chi connectivity index (χ0) is 26.6. The Morgan fingerprint density at radius 1 is 1.08 bits per heavy atom. The minimum Gasteiger partial charge on any atom is -0.496 e. The first-order valence-corrected chi connectivity index (χ1v) is 10.9. The lowest BCUT2D eigenvalue weighted by Gasteiger charge is -2.39. The maximum atomic E-state index is 12.1. The zero-order valence-corrected chi connectivity index (χ0v) is 19.1. The largest absolute Gasteiger partial charge is 0.496 e. The second-order valence-electron chi connectivity index (χ2n) is 8.40. The van der Waals surface area contributed by atoms with E-state index in [1.165, 1.54) is 25.3 Å². The summed E-state index contributed by atoms with van der Waals surface area (Å²) in [6.07, 6.45) is -7.73. The van der Waals surface area contributed by atoms with Crippen LogP contribution in [0.1, 0.15) is 10.4 Å². The number of fused-ring (bicyclic) bond motifs is 5. The topological polar surface area (TPSA) is 208 Å². The van der Waals surface area contributed by atoms with Crippen LogP contribution in [0.5, 0.6) is 23.0 Å². The highest BCUT2D eigenvalue weighted by Crippen LogP contribution is 2.50. The number of benzene rings is 3. The third-order valence-corrected chi connectivity index (χ3v) is 6.33. The summed E-state index contributed by atoms with van der Waals surface area (Å²) in [4.78, 5) is 23.3. The van der Waals surface area contributed by atoms with Gasteiger partial charge in [0.05, 0.1) is 29.6 Å². The number of carbonyl (C=O) groups is 1. The van der Waals surface area contributed by atoms with Gasteiger partial charge in [0.25, 0.3) is 5.69 Å². The number of nitro benzene ring substituents is 1. The van der Waals surface area contributed by atoms with Gasteiger partial charge in [0.1, 0.15) is 35.9 Å². The van der Waals surface area contributed by atoms with Gasteiger partial charge in [0.2, 0.25) is 13.1 Å². The molecule has 0 spiro atoms. The van der Waals surface area contributed by atoms with Gasteiger partial charge in [0.15, 0.2) is 11.5 Å². The molecular weight excluding hydrogens is 498 g/mol. The molecule has 1 saturated heterocycles. The molecule has 0 aliphatic carbocycles. The molecule has 196 valence electrons. The second kappa shape index (κ2) is 9.17. The van der Waals surface area contributed by atoms with Crippen LogP contribution in [-0.2, 0) is 4.74 Å². The number of nitrogens with zero attached hydrogens (tertiary/aromatic N) is 1. The van der Waals surface area contributed by atoms with E-state index in [4.69, 9.17) is 23.7 Å². The highest BCUT2D eigenvalue weighted by atomic mass is 16.7. The number of aliphatic hydroxyl groups is 4. The maximum absolute atomic E-state index is 12.1. The molecule has 0 saturated carbocycles. The molecule has 3 aromatic carbocycles. The standard InChI is InChI=1S/C23H21NO13/c1-33-13-3-8(36-23-20(28)19(27)18(26)15(6-25)37-23)2-10-9(13)4-12(24(31)32)16-11(22(29)30)5-14-21(17(10)16)35-7-34-14/h2-5,15,18-20,23,25-28H,6-7H2,1H3,(H,29,30)/t15-,18-,19+,20-,23-/m1/s1. The molecule has 5 N–H and O–H groups in total. The van der Waals surface area contributed by atoms with Crippen LogP contribution >= 0.6 is 0 Å². The number of hydrogen-bond acceptors (Lipinski definition) is 12. The lowest BCUT2D eigenvalue weighted by atomic mass is 9.94. The number of rotatable bonds is 6. The van der Waals surface area contributed by atoms with Gasteiger partial charge < -0.3 is 49.2 Å². The van der Waals surface area contributed by atoms with Crippen molar-refractivity contribution in [2.75, 3.05) is 20.5 Å². The zero-order valence-electron chi connectivity index (χ0n) is 19.1. The van der Waals surface area contributed by atoms with Crippen LogP contribution in [0.3, 0.4) is 0 Å². The Balaban J connectivity index is 1.76. The molecule has 14 heteroatoms. The third-order valence-electron chi connectivity index (χ3n) is 6.33. The van der Waals surface area contributed by atoms with Gasteiger partial charge in [-0.15, -0.1) is 0 Å². The van der Waals surface area contributed by atoms with Crippen LogP contribution in [-0.4, -0.2) is 87.6 Å². The summed E-state index contributed by atoms with van der Waals surface area (Å²) in [6, 6.07) is 5.07. The highest BCUT2D eigenvalue weighted by Gasteiger charge is 2.45. The molecule has 14 nitrogen and oxygen atoms in total. The van der Waals surface area contributed by atoms with Gasteiger partial charge in [-0.1, -0.05) is 0 Å². The van der Waals surface area contributed by atoms with E-state index in [2.05, 4.69) is 0 Å². The molecule has 37 heavy (non-hydrogen) atoms. The summed E-state index contributed by atoms with van der Waals surface area (Å²) in [5, 5.41) is 62.0. The van der Waals surface area contributed by atoms with Crippen LogP contribution in [0.25, 0.3) is 21.5 Å². The number of non-ortho nitro benzene ring substituents is 1. The molecular formula is C23H21NO13. The summed E-state index contributed by atoms with van der Waals surface area (Å²) >= 11 is 0. The quantitative estimate of drug-likeness (QED) is 0.171. The smallest absolute Gasteiger partial charge is 0.336 e. The van der Waals surface area contributed by atoms with Crippen molar-refractivity contribution in [2.24, 2.45) is 0 Å². The fourth-order valence-corrected chi connectivity index (χ4v) is 4.58. The average Bonchev–Trinajstić information content (AvgIpc) is 3.35.